The number of rotatable bonds is 10. The van der Waals surface area contributed by atoms with E-state index in [0.717, 1.165) is 34.5 Å². The smallest absolute Gasteiger partial charge is 0.439 e. The molecule has 0 aliphatic rings. The Morgan fingerprint density at radius 3 is 2.35 bits per heavy atom. The molecule has 1 N–H and O–H groups in total. The highest BCUT2D eigenvalue weighted by atomic mass is 16.5. The number of aromatic amines is 1. The number of methoxy groups -OCH3 is 1. The van der Waals surface area contributed by atoms with E-state index in [1.165, 1.54) is 0 Å². The van der Waals surface area contributed by atoms with Crippen molar-refractivity contribution >= 4 is 0 Å². The Balaban J connectivity index is 1.49. The van der Waals surface area contributed by atoms with Gasteiger partial charge in [-0.2, -0.15) is 0 Å². The van der Waals surface area contributed by atoms with Crippen LogP contribution in [0.15, 0.2) is 86.9 Å². The highest BCUT2D eigenvalue weighted by molar-refractivity contribution is 5.80. The molecule has 2 aromatic heterocycles. The van der Waals surface area contributed by atoms with E-state index in [1.807, 2.05) is 67.6 Å². The van der Waals surface area contributed by atoms with E-state index in [2.05, 4.69) is 17.1 Å². The predicted molar refractivity (Wildman–Crippen MR) is 152 cm³/mol. The standard InChI is InChI=1S/C31H30N4O5/c1-4-9-27-32-26(5-2)28(39-23-11-8-10-22(18-23)38-3)30(36)35(27)19-20-14-16-21(17-15-20)24-12-6-7-13-25(24)29-33-31(37)40-34-29/h6-8,10-18H,4-5,9,19H2,1-3H3,(H,33,34,37). The number of benzene rings is 3. The summed E-state index contributed by atoms with van der Waals surface area (Å²) in [6.07, 6.45) is 2.09. The maximum atomic E-state index is 13.8. The molecule has 5 rings (SSSR count). The molecular formula is C31H30N4O5. The van der Waals surface area contributed by atoms with Gasteiger partial charge in [0.05, 0.1) is 19.3 Å². The van der Waals surface area contributed by atoms with Gasteiger partial charge in [-0.05, 0) is 41.7 Å². The SMILES string of the molecule is CCCc1nc(CC)c(Oc2cccc(OC)c2)c(=O)n1Cc1ccc(-c2ccccc2-c2noc(=O)[nH]2)cc1. The highest BCUT2D eigenvalue weighted by Gasteiger charge is 2.18. The molecule has 40 heavy (non-hydrogen) atoms. The van der Waals surface area contributed by atoms with Gasteiger partial charge < -0.3 is 9.47 Å². The van der Waals surface area contributed by atoms with E-state index in [4.69, 9.17) is 19.0 Å². The van der Waals surface area contributed by atoms with Crippen molar-refractivity contribution in [3.05, 3.63) is 111 Å². The van der Waals surface area contributed by atoms with Crippen molar-refractivity contribution < 1.29 is 14.0 Å². The van der Waals surface area contributed by atoms with Crippen LogP contribution in [0.3, 0.4) is 0 Å². The molecule has 3 aromatic carbocycles. The first-order valence-electron chi connectivity index (χ1n) is 13.2. The van der Waals surface area contributed by atoms with Gasteiger partial charge in [0.15, 0.2) is 5.82 Å². The molecular weight excluding hydrogens is 508 g/mol. The molecule has 0 saturated heterocycles. The van der Waals surface area contributed by atoms with Gasteiger partial charge in [0.25, 0.3) is 5.56 Å². The van der Waals surface area contributed by atoms with Crippen molar-refractivity contribution in [2.45, 2.75) is 39.7 Å². The first-order chi connectivity index (χ1) is 19.5. The van der Waals surface area contributed by atoms with Gasteiger partial charge in [-0.15, -0.1) is 0 Å². The van der Waals surface area contributed by atoms with E-state index >= 15 is 0 Å². The molecule has 5 aromatic rings. The van der Waals surface area contributed by atoms with E-state index in [0.29, 0.717) is 42.4 Å². The molecule has 9 heteroatoms. The quantitative estimate of drug-likeness (QED) is 0.246. The zero-order valence-electron chi connectivity index (χ0n) is 22.6. The second kappa shape index (κ2) is 11.9. The maximum absolute atomic E-state index is 13.8. The lowest BCUT2D eigenvalue weighted by atomic mass is 9.98. The first-order valence-corrected chi connectivity index (χ1v) is 13.2. The summed E-state index contributed by atoms with van der Waals surface area (Å²) in [6, 6.07) is 22.7. The first kappa shape index (κ1) is 26.7. The number of nitrogens with zero attached hydrogens (tertiary/aromatic N) is 3. The van der Waals surface area contributed by atoms with E-state index in [-0.39, 0.29) is 11.3 Å². The van der Waals surface area contributed by atoms with Crippen molar-refractivity contribution in [3.63, 3.8) is 0 Å². The third-order valence-electron chi connectivity index (χ3n) is 6.57. The summed E-state index contributed by atoms with van der Waals surface area (Å²) in [7, 11) is 1.59. The second-order valence-corrected chi connectivity index (χ2v) is 9.27. The minimum atomic E-state index is -0.606. The van der Waals surface area contributed by atoms with Crippen LogP contribution < -0.4 is 20.8 Å². The second-order valence-electron chi connectivity index (χ2n) is 9.27. The van der Waals surface area contributed by atoms with Gasteiger partial charge in [0, 0.05) is 18.1 Å². The molecule has 0 saturated carbocycles. The molecule has 0 amide bonds. The zero-order chi connectivity index (χ0) is 28.1. The van der Waals surface area contributed by atoms with Crippen LogP contribution in [0.4, 0.5) is 0 Å². The molecule has 0 bridgehead atoms. The molecule has 0 fully saturated rings. The molecule has 204 valence electrons. The third kappa shape index (κ3) is 5.58. The number of nitrogens with one attached hydrogen (secondary N) is 1. The van der Waals surface area contributed by atoms with Crippen molar-refractivity contribution in [3.8, 4) is 39.8 Å². The van der Waals surface area contributed by atoms with Gasteiger partial charge in [-0.3, -0.25) is 18.9 Å². The van der Waals surface area contributed by atoms with Crippen LogP contribution in [0.2, 0.25) is 0 Å². The van der Waals surface area contributed by atoms with Crippen molar-refractivity contribution in [1.29, 1.82) is 0 Å². The van der Waals surface area contributed by atoms with Crippen molar-refractivity contribution in [1.82, 2.24) is 19.7 Å². The van der Waals surface area contributed by atoms with E-state index in [1.54, 1.807) is 23.8 Å². The normalized spacial score (nSPS) is 11.0. The van der Waals surface area contributed by atoms with Gasteiger partial charge >= 0.3 is 5.76 Å². The fraction of sp³-hybridized carbons (Fsp3) is 0.226. The molecule has 0 unspecified atom stereocenters. The summed E-state index contributed by atoms with van der Waals surface area (Å²) in [5.41, 5.74) is 3.93. The molecule has 0 aliphatic heterocycles. The minimum Gasteiger partial charge on any atom is -0.497 e. The Morgan fingerprint density at radius 2 is 1.68 bits per heavy atom. The third-order valence-corrected chi connectivity index (χ3v) is 6.57. The average molecular weight is 539 g/mol. The fourth-order valence-corrected chi connectivity index (χ4v) is 4.59. The summed E-state index contributed by atoms with van der Waals surface area (Å²) in [6.45, 7) is 4.38. The largest absolute Gasteiger partial charge is 0.497 e. The number of hydrogen-bond acceptors (Lipinski definition) is 7. The van der Waals surface area contributed by atoms with Gasteiger partial charge in [-0.1, -0.05) is 73.6 Å². The Bertz CT molecular complexity index is 1730. The average Bonchev–Trinajstić information content (AvgIpc) is 3.43. The summed E-state index contributed by atoms with van der Waals surface area (Å²) < 4.78 is 17.8. The van der Waals surface area contributed by atoms with Crippen LogP contribution in [0.1, 0.15) is 37.4 Å². The van der Waals surface area contributed by atoms with E-state index < -0.39 is 5.76 Å². The van der Waals surface area contributed by atoms with Crippen molar-refractivity contribution in [2.24, 2.45) is 0 Å². The minimum absolute atomic E-state index is 0.220. The molecule has 0 atom stereocenters. The predicted octanol–water partition coefficient (Wildman–Crippen LogP) is 5.62. The van der Waals surface area contributed by atoms with Gasteiger partial charge in [-0.25, -0.2) is 9.78 Å². The number of hydrogen-bond donors (Lipinski definition) is 1. The molecule has 0 spiro atoms. The number of aryl methyl sites for hydroxylation is 2. The summed E-state index contributed by atoms with van der Waals surface area (Å²) in [5.74, 6) is 1.87. The Labute approximate surface area is 231 Å². The van der Waals surface area contributed by atoms with Crippen LogP contribution in [0.25, 0.3) is 22.5 Å². The Morgan fingerprint density at radius 1 is 0.925 bits per heavy atom. The lowest BCUT2D eigenvalue weighted by Gasteiger charge is -2.17. The van der Waals surface area contributed by atoms with Crippen LogP contribution in [0.5, 0.6) is 17.2 Å². The van der Waals surface area contributed by atoms with Gasteiger partial charge in [0.2, 0.25) is 5.75 Å². The summed E-state index contributed by atoms with van der Waals surface area (Å²) >= 11 is 0. The van der Waals surface area contributed by atoms with Gasteiger partial charge in [0.1, 0.15) is 17.3 Å². The van der Waals surface area contributed by atoms with Crippen LogP contribution in [-0.2, 0) is 19.4 Å². The summed E-state index contributed by atoms with van der Waals surface area (Å²) in [5, 5.41) is 3.84. The maximum Gasteiger partial charge on any atom is 0.439 e. The van der Waals surface area contributed by atoms with Crippen LogP contribution >= 0.6 is 0 Å². The van der Waals surface area contributed by atoms with Crippen LogP contribution in [0, 0.1) is 0 Å². The highest BCUT2D eigenvalue weighted by Crippen LogP contribution is 2.30. The Hall–Kier alpha value is -4.92. The van der Waals surface area contributed by atoms with Crippen LogP contribution in [-0.4, -0.2) is 26.8 Å². The monoisotopic (exact) mass is 538 g/mol. The zero-order valence-corrected chi connectivity index (χ0v) is 22.6. The topological polar surface area (TPSA) is 112 Å². The molecule has 9 nitrogen and oxygen atoms in total. The van der Waals surface area contributed by atoms with Crippen molar-refractivity contribution in [2.75, 3.05) is 7.11 Å². The molecule has 0 aliphatic carbocycles. The lowest BCUT2D eigenvalue weighted by Crippen LogP contribution is -2.28. The number of aromatic nitrogens is 4. The number of ether oxygens (including phenoxy) is 2. The fourth-order valence-electron chi connectivity index (χ4n) is 4.59. The summed E-state index contributed by atoms with van der Waals surface area (Å²) in [4.78, 5) is 32.8. The lowest BCUT2D eigenvalue weighted by molar-refractivity contribution is 0.388. The Kier molecular flexibility index (Phi) is 7.91. The molecule has 2 heterocycles. The molecule has 0 radical (unpaired) electrons. The van der Waals surface area contributed by atoms with E-state index in [9.17, 15) is 9.59 Å². The number of H-pyrrole nitrogens is 1.